The van der Waals surface area contributed by atoms with Gasteiger partial charge >= 0.3 is 17.9 Å². The molecule has 3 rings (SSSR count). The molecule has 32 heavy (non-hydrogen) atoms. The highest BCUT2D eigenvalue weighted by Gasteiger charge is 2.37. The number of methoxy groups -OCH3 is 3. The molecule has 2 aromatic rings. The van der Waals surface area contributed by atoms with Crippen LogP contribution < -0.4 is 10.2 Å². The van der Waals surface area contributed by atoms with E-state index in [1.54, 1.807) is 0 Å². The number of carbonyl (C=O) groups is 5. The van der Waals surface area contributed by atoms with Crippen molar-refractivity contribution < 1.29 is 38.2 Å². The molecular weight excluding hydrogens is 420 g/mol. The van der Waals surface area contributed by atoms with E-state index in [0.29, 0.717) is 0 Å². The second-order valence-electron chi connectivity index (χ2n) is 6.44. The van der Waals surface area contributed by atoms with E-state index in [1.165, 1.54) is 49.6 Å². The maximum Gasteiger partial charge on any atom is 0.354 e. The van der Waals surface area contributed by atoms with Crippen molar-refractivity contribution in [2.45, 2.75) is 0 Å². The van der Waals surface area contributed by atoms with Gasteiger partial charge in [-0.3, -0.25) is 9.59 Å². The summed E-state index contributed by atoms with van der Waals surface area (Å²) in [7, 11) is 3.54. The maximum atomic E-state index is 12.9. The van der Waals surface area contributed by atoms with Crippen molar-refractivity contribution in [3.8, 4) is 0 Å². The molecule has 2 aromatic carbocycles. The summed E-state index contributed by atoms with van der Waals surface area (Å²) in [6, 6.07) is 10.1. The Labute approximate surface area is 182 Å². The fourth-order valence-electron chi connectivity index (χ4n) is 3.01. The first-order chi connectivity index (χ1) is 15.3. The number of hydrogen-bond donors (Lipinski definition) is 1. The van der Waals surface area contributed by atoms with Gasteiger partial charge in [-0.15, -0.1) is 0 Å². The Morgan fingerprint density at radius 2 is 1.50 bits per heavy atom. The van der Waals surface area contributed by atoms with Crippen LogP contribution in [0, 0.1) is 0 Å². The molecule has 0 bridgehead atoms. The smallest absolute Gasteiger partial charge is 0.354 e. The number of hydrogen-bond acceptors (Lipinski definition) is 9. The van der Waals surface area contributed by atoms with Crippen LogP contribution in [0.2, 0.25) is 0 Å². The second-order valence-corrected chi connectivity index (χ2v) is 6.44. The Morgan fingerprint density at radius 1 is 0.844 bits per heavy atom. The van der Waals surface area contributed by atoms with Crippen molar-refractivity contribution in [1.82, 2.24) is 0 Å². The average molecular weight is 438 g/mol. The maximum absolute atomic E-state index is 12.9. The van der Waals surface area contributed by atoms with E-state index in [-0.39, 0.29) is 33.8 Å². The molecule has 1 aliphatic rings. The van der Waals surface area contributed by atoms with Crippen LogP contribution in [0.25, 0.3) is 0 Å². The molecule has 2 amide bonds. The lowest BCUT2D eigenvalue weighted by molar-refractivity contribution is -0.138. The molecule has 0 aliphatic carbocycles. The van der Waals surface area contributed by atoms with Crippen molar-refractivity contribution in [2.24, 2.45) is 0 Å². The number of amides is 2. The fourth-order valence-corrected chi connectivity index (χ4v) is 3.01. The van der Waals surface area contributed by atoms with Crippen molar-refractivity contribution in [3.05, 3.63) is 70.9 Å². The first-order valence-corrected chi connectivity index (χ1v) is 9.17. The van der Waals surface area contributed by atoms with Crippen LogP contribution >= 0.6 is 0 Å². The quantitative estimate of drug-likeness (QED) is 0.311. The molecule has 0 fully saturated rings. The number of rotatable bonds is 6. The van der Waals surface area contributed by atoms with E-state index in [0.717, 1.165) is 25.2 Å². The van der Waals surface area contributed by atoms with Gasteiger partial charge in [0.1, 0.15) is 5.70 Å². The third-order valence-corrected chi connectivity index (χ3v) is 4.58. The van der Waals surface area contributed by atoms with Crippen LogP contribution in [0.1, 0.15) is 31.1 Å². The van der Waals surface area contributed by atoms with Gasteiger partial charge < -0.3 is 19.5 Å². The summed E-state index contributed by atoms with van der Waals surface area (Å²) in [5.74, 6) is -3.29. The number of carbonyl (C=O) groups excluding carboxylic acids is 5. The monoisotopic (exact) mass is 438 g/mol. The molecule has 1 N–H and O–H groups in total. The minimum atomic E-state index is -0.828. The molecule has 10 heteroatoms. The molecule has 0 unspecified atom stereocenters. The summed E-state index contributed by atoms with van der Waals surface area (Å²) in [6.45, 7) is 0. The predicted octanol–water partition coefficient (Wildman–Crippen LogP) is 1.92. The SMILES string of the molecule is COC(=O)/C=C(/Nc1ccc2c(c1)C(=O)N(c1ccc(C(=O)OC)cc1)C2=O)C(=O)OC. The zero-order chi connectivity index (χ0) is 23.4. The molecule has 0 spiro atoms. The first-order valence-electron chi connectivity index (χ1n) is 9.17. The summed E-state index contributed by atoms with van der Waals surface area (Å²) in [4.78, 5) is 61.8. The number of nitrogens with one attached hydrogen (secondary N) is 1. The molecule has 0 radical (unpaired) electrons. The standard InChI is InChI=1S/C22H18N2O8/c1-30-18(25)11-17(22(29)32-3)23-13-6-9-15-16(10-13)20(27)24(19(15)26)14-7-4-12(5-8-14)21(28)31-2/h4-11,23H,1-3H3/b17-11+. The van der Waals surface area contributed by atoms with E-state index in [4.69, 9.17) is 0 Å². The Morgan fingerprint density at radius 3 is 2.09 bits per heavy atom. The van der Waals surface area contributed by atoms with Gasteiger partial charge in [-0.1, -0.05) is 0 Å². The zero-order valence-electron chi connectivity index (χ0n) is 17.3. The van der Waals surface area contributed by atoms with E-state index in [1.807, 2.05) is 0 Å². The molecular formula is C22H18N2O8. The van der Waals surface area contributed by atoms with Crippen molar-refractivity contribution in [3.63, 3.8) is 0 Å². The summed E-state index contributed by atoms with van der Waals surface area (Å²) in [5, 5.41) is 2.69. The minimum Gasteiger partial charge on any atom is -0.466 e. The lowest BCUT2D eigenvalue weighted by Crippen LogP contribution is -2.29. The molecule has 10 nitrogen and oxygen atoms in total. The van der Waals surface area contributed by atoms with E-state index < -0.39 is 29.7 Å². The number of anilines is 2. The van der Waals surface area contributed by atoms with Crippen molar-refractivity contribution in [2.75, 3.05) is 31.5 Å². The summed E-state index contributed by atoms with van der Waals surface area (Å²) in [5.41, 5.74) is 0.861. The number of imide groups is 1. The lowest BCUT2D eigenvalue weighted by atomic mass is 10.1. The van der Waals surface area contributed by atoms with Crippen LogP contribution in [-0.4, -0.2) is 51.1 Å². The highest BCUT2D eigenvalue weighted by Crippen LogP contribution is 2.30. The number of esters is 3. The molecule has 1 aliphatic heterocycles. The number of nitrogens with zero attached hydrogens (tertiary/aromatic N) is 1. The van der Waals surface area contributed by atoms with Gasteiger partial charge in [-0.25, -0.2) is 19.3 Å². The number of benzene rings is 2. The third kappa shape index (κ3) is 4.19. The van der Waals surface area contributed by atoms with Crippen LogP contribution in [0.5, 0.6) is 0 Å². The lowest BCUT2D eigenvalue weighted by Gasteiger charge is -2.14. The molecule has 1 heterocycles. The van der Waals surface area contributed by atoms with E-state index in [9.17, 15) is 24.0 Å². The Bertz CT molecular complexity index is 1150. The average Bonchev–Trinajstić information content (AvgIpc) is 3.06. The van der Waals surface area contributed by atoms with Crippen LogP contribution in [0.3, 0.4) is 0 Å². The van der Waals surface area contributed by atoms with Crippen LogP contribution in [0.15, 0.2) is 54.2 Å². The highest BCUT2D eigenvalue weighted by atomic mass is 16.5. The minimum absolute atomic E-state index is 0.0966. The van der Waals surface area contributed by atoms with Gasteiger partial charge in [0.15, 0.2) is 0 Å². The predicted molar refractivity (Wildman–Crippen MR) is 111 cm³/mol. The molecule has 164 valence electrons. The molecule has 0 atom stereocenters. The van der Waals surface area contributed by atoms with Crippen LogP contribution in [-0.2, 0) is 23.8 Å². The number of fused-ring (bicyclic) bond motifs is 1. The number of ether oxygens (including phenoxy) is 3. The van der Waals surface area contributed by atoms with Gasteiger partial charge in [0, 0.05) is 5.69 Å². The first kappa shape index (κ1) is 22.2. The topological polar surface area (TPSA) is 128 Å². The second kappa shape index (κ2) is 9.13. The van der Waals surface area contributed by atoms with Crippen molar-refractivity contribution in [1.29, 1.82) is 0 Å². The highest BCUT2D eigenvalue weighted by molar-refractivity contribution is 6.34. The summed E-state index contributed by atoms with van der Waals surface area (Å²) < 4.78 is 13.8. The van der Waals surface area contributed by atoms with Gasteiger partial charge in [0.2, 0.25) is 0 Å². The van der Waals surface area contributed by atoms with E-state index >= 15 is 0 Å². The van der Waals surface area contributed by atoms with Gasteiger partial charge in [-0.05, 0) is 42.5 Å². The molecule has 0 aromatic heterocycles. The third-order valence-electron chi connectivity index (χ3n) is 4.58. The Kier molecular flexibility index (Phi) is 6.34. The summed E-state index contributed by atoms with van der Waals surface area (Å²) in [6.07, 6.45) is 0.904. The van der Waals surface area contributed by atoms with E-state index in [2.05, 4.69) is 19.5 Å². The van der Waals surface area contributed by atoms with Crippen molar-refractivity contribution >= 4 is 41.1 Å². The Balaban J connectivity index is 1.90. The molecule has 0 saturated heterocycles. The summed E-state index contributed by atoms with van der Waals surface area (Å²) >= 11 is 0. The normalized spacial score (nSPS) is 12.8. The fraction of sp³-hybridized carbons (Fsp3) is 0.136. The Hall–Kier alpha value is -4.47. The zero-order valence-corrected chi connectivity index (χ0v) is 17.3. The largest absolute Gasteiger partial charge is 0.466 e. The van der Waals surface area contributed by atoms with Gasteiger partial charge in [0.25, 0.3) is 11.8 Å². The van der Waals surface area contributed by atoms with Gasteiger partial charge in [0.05, 0.1) is 49.8 Å². The van der Waals surface area contributed by atoms with Gasteiger partial charge in [-0.2, -0.15) is 0 Å². The van der Waals surface area contributed by atoms with Crippen LogP contribution in [0.4, 0.5) is 11.4 Å². The molecule has 0 saturated carbocycles.